The Hall–Kier alpha value is -1.55. The number of carbonyl (C=O) groups is 1. The van der Waals surface area contributed by atoms with Gasteiger partial charge in [-0.05, 0) is 18.9 Å². The van der Waals surface area contributed by atoms with E-state index in [4.69, 9.17) is 4.74 Å². The van der Waals surface area contributed by atoms with E-state index in [0.29, 0.717) is 13.0 Å². The van der Waals surface area contributed by atoms with Crippen molar-refractivity contribution in [2.75, 3.05) is 0 Å². The van der Waals surface area contributed by atoms with Gasteiger partial charge < -0.3 is 9.84 Å². The van der Waals surface area contributed by atoms with E-state index in [-0.39, 0.29) is 0 Å². The molecular weight excluding hydrogens is 218 g/mol. The van der Waals surface area contributed by atoms with E-state index >= 15 is 0 Å². The molecule has 0 saturated carbocycles. The molecule has 1 aromatic carbocycles. The van der Waals surface area contributed by atoms with E-state index in [1.807, 2.05) is 37.3 Å². The monoisotopic (exact) mass is 235 g/mol. The van der Waals surface area contributed by atoms with Gasteiger partial charge >= 0.3 is 6.09 Å². The maximum Gasteiger partial charge on any atom is 0.412 e. The second kappa shape index (κ2) is 4.37. The molecule has 4 nitrogen and oxygen atoms in total. The van der Waals surface area contributed by atoms with Crippen LogP contribution in [0, 0.1) is 0 Å². The van der Waals surface area contributed by atoms with Crippen molar-refractivity contribution in [3.63, 3.8) is 0 Å². The maximum atomic E-state index is 11.7. The van der Waals surface area contributed by atoms with Crippen molar-refractivity contribution in [2.24, 2.45) is 0 Å². The van der Waals surface area contributed by atoms with Crippen LogP contribution in [0.4, 0.5) is 4.79 Å². The molecule has 0 aromatic heterocycles. The molecule has 1 N–H and O–H groups in total. The summed E-state index contributed by atoms with van der Waals surface area (Å²) in [7, 11) is 0. The van der Waals surface area contributed by atoms with Crippen LogP contribution in [0.25, 0.3) is 0 Å². The fraction of sp³-hybridized carbons (Fsp3) is 0.462. The third-order valence-electron chi connectivity index (χ3n) is 3.32. The molecule has 2 rings (SSSR count). The summed E-state index contributed by atoms with van der Waals surface area (Å²) >= 11 is 0. The number of hydrogen-bond donors (Lipinski definition) is 1. The van der Waals surface area contributed by atoms with Gasteiger partial charge in [0, 0.05) is 0 Å². The summed E-state index contributed by atoms with van der Waals surface area (Å²) in [6.45, 7) is 3.93. The van der Waals surface area contributed by atoms with Crippen molar-refractivity contribution in [3.8, 4) is 0 Å². The van der Waals surface area contributed by atoms with Crippen molar-refractivity contribution in [3.05, 3.63) is 35.9 Å². The van der Waals surface area contributed by atoms with Crippen molar-refractivity contribution in [1.29, 1.82) is 0 Å². The summed E-state index contributed by atoms with van der Waals surface area (Å²) in [5, 5.41) is 10.4. The Morgan fingerprint density at radius 3 is 2.65 bits per heavy atom. The van der Waals surface area contributed by atoms with Gasteiger partial charge in [-0.3, -0.25) is 4.90 Å². The third-order valence-corrected chi connectivity index (χ3v) is 3.32. The molecule has 0 unspecified atom stereocenters. The number of nitrogens with zero attached hydrogens (tertiary/aromatic N) is 1. The van der Waals surface area contributed by atoms with Crippen molar-refractivity contribution >= 4 is 6.09 Å². The van der Waals surface area contributed by atoms with Gasteiger partial charge in [0.15, 0.2) is 5.72 Å². The molecule has 1 heterocycles. The van der Waals surface area contributed by atoms with Gasteiger partial charge in [-0.1, -0.05) is 37.3 Å². The van der Waals surface area contributed by atoms with Gasteiger partial charge in [0.25, 0.3) is 0 Å². The van der Waals surface area contributed by atoms with E-state index in [1.54, 1.807) is 6.92 Å². The maximum absolute atomic E-state index is 11.7. The van der Waals surface area contributed by atoms with E-state index in [0.717, 1.165) is 5.56 Å². The van der Waals surface area contributed by atoms with Crippen LogP contribution in [0.3, 0.4) is 0 Å². The molecule has 1 aliphatic heterocycles. The highest BCUT2D eigenvalue weighted by Gasteiger charge is 2.50. The fourth-order valence-corrected chi connectivity index (χ4v) is 2.13. The van der Waals surface area contributed by atoms with Gasteiger partial charge in [-0.15, -0.1) is 0 Å². The van der Waals surface area contributed by atoms with Gasteiger partial charge in [0.05, 0.1) is 6.54 Å². The zero-order valence-electron chi connectivity index (χ0n) is 10.1. The minimum atomic E-state index is -1.20. The highest BCUT2D eigenvalue weighted by Crippen LogP contribution is 2.32. The molecule has 92 valence electrons. The van der Waals surface area contributed by atoms with Crippen LogP contribution >= 0.6 is 0 Å². The van der Waals surface area contributed by atoms with Crippen LogP contribution in [-0.4, -0.2) is 27.9 Å². The first-order chi connectivity index (χ1) is 8.08. The molecule has 1 saturated heterocycles. The van der Waals surface area contributed by atoms with Crippen LogP contribution in [0.2, 0.25) is 0 Å². The van der Waals surface area contributed by atoms with E-state index in [9.17, 15) is 9.90 Å². The molecule has 1 aromatic rings. The van der Waals surface area contributed by atoms with Crippen molar-refractivity contribution < 1.29 is 14.6 Å². The van der Waals surface area contributed by atoms with Crippen molar-refractivity contribution in [2.45, 2.75) is 38.6 Å². The number of ether oxygens (including phenoxy) is 1. The fourth-order valence-electron chi connectivity index (χ4n) is 2.13. The first kappa shape index (κ1) is 11.9. The number of amides is 1. The minimum absolute atomic E-state index is 0.369. The Morgan fingerprint density at radius 2 is 2.06 bits per heavy atom. The summed E-state index contributed by atoms with van der Waals surface area (Å²) in [5.74, 6) is 0. The summed E-state index contributed by atoms with van der Waals surface area (Å²) in [5.41, 5.74) is -0.224. The number of cyclic esters (lactones) is 1. The first-order valence-corrected chi connectivity index (χ1v) is 5.82. The molecule has 0 bridgehead atoms. The van der Waals surface area contributed by atoms with E-state index in [1.165, 1.54) is 4.90 Å². The Bertz CT molecular complexity index is 406. The van der Waals surface area contributed by atoms with Gasteiger partial charge in [0.1, 0.15) is 6.10 Å². The molecule has 0 radical (unpaired) electrons. The van der Waals surface area contributed by atoms with Crippen LogP contribution in [-0.2, 0) is 11.3 Å². The Kier molecular flexibility index (Phi) is 3.07. The first-order valence-electron chi connectivity index (χ1n) is 5.82. The average molecular weight is 235 g/mol. The standard InChI is InChI=1S/C13H17NO3/c1-3-13(16)10(2)17-12(15)14(13)9-11-7-5-4-6-8-11/h4-8,10,16H,3,9H2,1-2H3/t10-,13+/m0/s1. The Morgan fingerprint density at radius 1 is 1.41 bits per heavy atom. The topological polar surface area (TPSA) is 49.8 Å². The largest absolute Gasteiger partial charge is 0.441 e. The molecule has 2 atom stereocenters. The molecule has 1 aliphatic rings. The van der Waals surface area contributed by atoms with E-state index in [2.05, 4.69) is 0 Å². The van der Waals surface area contributed by atoms with Crippen LogP contribution < -0.4 is 0 Å². The lowest BCUT2D eigenvalue weighted by Crippen LogP contribution is -2.49. The molecule has 4 heteroatoms. The lowest BCUT2D eigenvalue weighted by Gasteiger charge is -2.31. The lowest BCUT2D eigenvalue weighted by molar-refractivity contribution is -0.0995. The normalized spacial score (nSPS) is 28.3. The summed E-state index contributed by atoms with van der Waals surface area (Å²) < 4.78 is 5.09. The number of hydrogen-bond acceptors (Lipinski definition) is 3. The Balaban J connectivity index is 2.22. The number of carbonyl (C=O) groups excluding carboxylic acids is 1. The number of aliphatic hydroxyl groups is 1. The molecule has 0 spiro atoms. The van der Waals surface area contributed by atoms with Gasteiger partial charge in [-0.2, -0.15) is 0 Å². The van der Waals surface area contributed by atoms with Crippen molar-refractivity contribution in [1.82, 2.24) is 4.90 Å². The van der Waals surface area contributed by atoms with Crippen LogP contribution in [0.5, 0.6) is 0 Å². The minimum Gasteiger partial charge on any atom is -0.441 e. The number of benzene rings is 1. The Labute approximate surface area is 101 Å². The zero-order chi connectivity index (χ0) is 12.5. The smallest absolute Gasteiger partial charge is 0.412 e. The third kappa shape index (κ3) is 2.00. The molecule has 17 heavy (non-hydrogen) atoms. The van der Waals surface area contributed by atoms with Gasteiger partial charge in [-0.25, -0.2) is 4.79 Å². The zero-order valence-corrected chi connectivity index (χ0v) is 10.1. The molecule has 0 aliphatic carbocycles. The molecule has 1 fully saturated rings. The van der Waals surface area contributed by atoms with Gasteiger partial charge in [0.2, 0.25) is 0 Å². The summed E-state index contributed by atoms with van der Waals surface area (Å²) in [6.07, 6.45) is -0.498. The predicted octanol–water partition coefficient (Wildman–Crippen LogP) is 2.13. The second-order valence-electron chi connectivity index (χ2n) is 4.33. The van der Waals surface area contributed by atoms with Crippen LogP contribution in [0.1, 0.15) is 25.8 Å². The van der Waals surface area contributed by atoms with Crippen LogP contribution in [0.15, 0.2) is 30.3 Å². The molecule has 1 amide bonds. The highest BCUT2D eigenvalue weighted by molar-refractivity contribution is 5.71. The average Bonchev–Trinajstić information content (AvgIpc) is 2.55. The predicted molar refractivity (Wildman–Crippen MR) is 63.2 cm³/mol. The SMILES string of the molecule is CC[C@@]1(O)[C@H](C)OC(=O)N1Cc1ccccc1. The second-order valence-corrected chi connectivity index (χ2v) is 4.33. The summed E-state index contributed by atoms with van der Waals surface area (Å²) in [4.78, 5) is 13.1. The highest BCUT2D eigenvalue weighted by atomic mass is 16.6. The quantitative estimate of drug-likeness (QED) is 0.873. The molecular formula is C13H17NO3. The summed E-state index contributed by atoms with van der Waals surface area (Å²) in [6, 6.07) is 9.58. The number of rotatable bonds is 3. The lowest BCUT2D eigenvalue weighted by atomic mass is 10.0. The van der Waals surface area contributed by atoms with E-state index < -0.39 is 17.9 Å².